The SMILES string of the molecule is CC[C@@H](C(=O)Nc1ccc(F)c(F)c1)N(c1ccc(OC)cc1)S(C)(=O)=O. The Morgan fingerprint density at radius 1 is 1.15 bits per heavy atom. The Kier molecular flexibility index (Phi) is 6.37. The van der Waals surface area contributed by atoms with Crippen LogP contribution in [0.3, 0.4) is 0 Å². The van der Waals surface area contributed by atoms with E-state index in [0.29, 0.717) is 5.75 Å². The normalized spacial score (nSPS) is 12.3. The number of benzene rings is 2. The van der Waals surface area contributed by atoms with Crippen molar-refractivity contribution < 1.29 is 26.7 Å². The van der Waals surface area contributed by atoms with Crippen molar-refractivity contribution in [3.8, 4) is 5.75 Å². The summed E-state index contributed by atoms with van der Waals surface area (Å²) in [6.07, 6.45) is 1.15. The molecule has 1 atom stereocenters. The molecule has 146 valence electrons. The average molecular weight is 398 g/mol. The second-order valence-electron chi connectivity index (χ2n) is 5.80. The number of hydrogen-bond acceptors (Lipinski definition) is 4. The van der Waals surface area contributed by atoms with Crippen molar-refractivity contribution >= 4 is 27.3 Å². The van der Waals surface area contributed by atoms with Gasteiger partial charge >= 0.3 is 0 Å². The minimum Gasteiger partial charge on any atom is -0.497 e. The van der Waals surface area contributed by atoms with Crippen LogP contribution in [-0.4, -0.2) is 33.7 Å². The summed E-state index contributed by atoms with van der Waals surface area (Å²) in [7, 11) is -2.32. The molecule has 0 spiro atoms. The topological polar surface area (TPSA) is 75.7 Å². The Balaban J connectivity index is 2.35. The molecule has 0 aliphatic carbocycles. The predicted octanol–water partition coefficient (Wildman–Crippen LogP) is 3.16. The Morgan fingerprint density at radius 3 is 2.26 bits per heavy atom. The quantitative estimate of drug-likeness (QED) is 0.777. The van der Waals surface area contributed by atoms with Gasteiger partial charge in [0.25, 0.3) is 0 Å². The maximum absolute atomic E-state index is 13.4. The third-order valence-electron chi connectivity index (χ3n) is 3.84. The van der Waals surface area contributed by atoms with Gasteiger partial charge in [0.2, 0.25) is 15.9 Å². The van der Waals surface area contributed by atoms with Gasteiger partial charge in [-0.25, -0.2) is 17.2 Å². The van der Waals surface area contributed by atoms with Crippen LogP contribution in [0.4, 0.5) is 20.2 Å². The summed E-state index contributed by atoms with van der Waals surface area (Å²) in [6, 6.07) is 8.02. The molecule has 0 aromatic heterocycles. The van der Waals surface area contributed by atoms with E-state index in [1.807, 2.05) is 0 Å². The first-order valence-corrected chi connectivity index (χ1v) is 9.91. The zero-order valence-corrected chi connectivity index (χ0v) is 15.9. The van der Waals surface area contributed by atoms with Gasteiger partial charge in [-0.1, -0.05) is 6.92 Å². The van der Waals surface area contributed by atoms with Crippen LogP contribution in [-0.2, 0) is 14.8 Å². The first-order chi connectivity index (χ1) is 12.7. The van der Waals surface area contributed by atoms with E-state index in [-0.39, 0.29) is 17.8 Å². The number of anilines is 2. The van der Waals surface area contributed by atoms with E-state index in [1.165, 1.54) is 25.3 Å². The molecule has 0 unspecified atom stereocenters. The van der Waals surface area contributed by atoms with E-state index in [4.69, 9.17) is 4.74 Å². The van der Waals surface area contributed by atoms with Gasteiger partial charge in [-0.3, -0.25) is 9.10 Å². The highest BCUT2D eigenvalue weighted by Gasteiger charge is 2.31. The van der Waals surface area contributed by atoms with Crippen LogP contribution in [0.15, 0.2) is 42.5 Å². The Morgan fingerprint density at radius 2 is 1.78 bits per heavy atom. The number of rotatable bonds is 7. The fraction of sp³-hybridized carbons (Fsp3) is 0.278. The molecular formula is C18H20F2N2O4S. The molecule has 0 saturated carbocycles. The van der Waals surface area contributed by atoms with E-state index in [1.54, 1.807) is 19.1 Å². The highest BCUT2D eigenvalue weighted by molar-refractivity contribution is 7.92. The molecule has 1 amide bonds. The predicted molar refractivity (Wildman–Crippen MR) is 99.4 cm³/mol. The number of methoxy groups -OCH3 is 1. The van der Waals surface area contributed by atoms with E-state index in [0.717, 1.165) is 22.7 Å². The lowest BCUT2D eigenvalue weighted by molar-refractivity contribution is -0.117. The smallest absolute Gasteiger partial charge is 0.248 e. The second kappa shape index (κ2) is 8.34. The monoisotopic (exact) mass is 398 g/mol. The maximum Gasteiger partial charge on any atom is 0.248 e. The van der Waals surface area contributed by atoms with Crippen LogP contribution in [0.2, 0.25) is 0 Å². The molecule has 6 nitrogen and oxygen atoms in total. The van der Waals surface area contributed by atoms with Crippen LogP contribution < -0.4 is 14.4 Å². The standard InChI is InChI=1S/C18H20F2N2O4S/c1-4-17(18(23)21-12-5-10-15(19)16(20)11-12)22(27(3,24)25)13-6-8-14(26-2)9-7-13/h5-11,17H,4H2,1-3H3,(H,21,23)/t17-/m0/s1. The van der Waals surface area contributed by atoms with Gasteiger partial charge in [-0.05, 0) is 42.8 Å². The molecular weight excluding hydrogens is 378 g/mol. The van der Waals surface area contributed by atoms with Crippen molar-refractivity contribution in [2.75, 3.05) is 23.0 Å². The number of sulfonamides is 1. The van der Waals surface area contributed by atoms with Crippen molar-refractivity contribution in [1.82, 2.24) is 0 Å². The first kappa shape index (κ1) is 20.6. The summed E-state index contributed by atoms with van der Waals surface area (Å²) in [5, 5.41) is 2.43. The molecule has 0 bridgehead atoms. The lowest BCUT2D eigenvalue weighted by Gasteiger charge is -2.30. The summed E-state index contributed by atoms with van der Waals surface area (Å²) in [5.74, 6) is -2.29. The van der Waals surface area contributed by atoms with Crippen molar-refractivity contribution in [2.45, 2.75) is 19.4 Å². The van der Waals surface area contributed by atoms with Crippen LogP contribution >= 0.6 is 0 Å². The minimum absolute atomic E-state index is 0.0283. The zero-order valence-electron chi connectivity index (χ0n) is 15.1. The van der Waals surface area contributed by atoms with E-state index in [2.05, 4.69) is 5.32 Å². The third kappa shape index (κ3) is 4.94. The summed E-state index contributed by atoms with van der Waals surface area (Å²) >= 11 is 0. The second-order valence-corrected chi connectivity index (χ2v) is 7.66. The average Bonchev–Trinajstić information content (AvgIpc) is 2.61. The first-order valence-electron chi connectivity index (χ1n) is 8.06. The van der Waals surface area contributed by atoms with E-state index < -0.39 is 33.6 Å². The molecule has 0 aliphatic heterocycles. The molecule has 2 rings (SSSR count). The van der Waals surface area contributed by atoms with Crippen molar-refractivity contribution in [3.63, 3.8) is 0 Å². The Labute approximate surface area is 156 Å². The summed E-state index contributed by atoms with van der Waals surface area (Å²) < 4.78 is 57.1. The van der Waals surface area contributed by atoms with Gasteiger partial charge < -0.3 is 10.1 Å². The Hall–Kier alpha value is -2.68. The number of amides is 1. The molecule has 0 aliphatic rings. The highest BCUT2D eigenvalue weighted by Crippen LogP contribution is 2.26. The third-order valence-corrected chi connectivity index (χ3v) is 5.02. The molecule has 2 aromatic carbocycles. The molecule has 0 saturated heterocycles. The molecule has 9 heteroatoms. The van der Waals surface area contributed by atoms with Crippen LogP contribution in [0.5, 0.6) is 5.75 Å². The number of halogens is 2. The number of hydrogen-bond donors (Lipinski definition) is 1. The Bertz CT molecular complexity index is 917. The fourth-order valence-electron chi connectivity index (χ4n) is 2.59. The van der Waals surface area contributed by atoms with Crippen molar-refractivity contribution in [1.29, 1.82) is 0 Å². The van der Waals surface area contributed by atoms with Crippen LogP contribution in [0, 0.1) is 11.6 Å². The van der Waals surface area contributed by atoms with Crippen molar-refractivity contribution in [3.05, 3.63) is 54.1 Å². The van der Waals surface area contributed by atoms with Gasteiger partial charge in [-0.2, -0.15) is 0 Å². The molecule has 0 heterocycles. The van der Waals surface area contributed by atoms with Gasteiger partial charge in [0.15, 0.2) is 11.6 Å². The summed E-state index contributed by atoms with van der Waals surface area (Å²) in [5.41, 5.74) is 0.311. The minimum atomic E-state index is -3.80. The van der Waals surface area contributed by atoms with Gasteiger partial charge in [0, 0.05) is 11.8 Å². The number of ether oxygens (including phenoxy) is 1. The lowest BCUT2D eigenvalue weighted by Crippen LogP contribution is -2.47. The zero-order chi connectivity index (χ0) is 20.2. The number of nitrogens with zero attached hydrogens (tertiary/aromatic N) is 1. The van der Waals surface area contributed by atoms with Crippen molar-refractivity contribution in [2.24, 2.45) is 0 Å². The molecule has 27 heavy (non-hydrogen) atoms. The molecule has 0 fully saturated rings. The maximum atomic E-state index is 13.4. The fourth-order valence-corrected chi connectivity index (χ4v) is 3.80. The summed E-state index contributed by atoms with van der Waals surface area (Å²) in [6.45, 7) is 1.65. The van der Waals surface area contributed by atoms with Gasteiger partial charge in [-0.15, -0.1) is 0 Å². The number of carbonyl (C=O) groups is 1. The van der Waals surface area contributed by atoms with E-state index >= 15 is 0 Å². The van der Waals surface area contributed by atoms with Crippen LogP contribution in [0.1, 0.15) is 13.3 Å². The molecule has 2 aromatic rings. The summed E-state index contributed by atoms with van der Waals surface area (Å²) in [4.78, 5) is 12.7. The van der Waals surface area contributed by atoms with Gasteiger partial charge in [0.1, 0.15) is 11.8 Å². The highest BCUT2D eigenvalue weighted by atomic mass is 32.2. The molecule has 1 N–H and O–H groups in total. The van der Waals surface area contributed by atoms with Crippen LogP contribution in [0.25, 0.3) is 0 Å². The largest absolute Gasteiger partial charge is 0.497 e. The van der Waals surface area contributed by atoms with Gasteiger partial charge in [0.05, 0.1) is 19.1 Å². The number of carbonyl (C=O) groups excluding carboxylic acids is 1. The lowest BCUT2D eigenvalue weighted by atomic mass is 10.1. The molecule has 0 radical (unpaired) electrons. The number of nitrogens with one attached hydrogen (secondary N) is 1. The van der Waals surface area contributed by atoms with E-state index in [9.17, 15) is 22.0 Å².